The number of hydrogen-bond donors (Lipinski definition) is 2. The lowest BCUT2D eigenvalue weighted by molar-refractivity contribution is 0.0273. The number of anilines is 3. The topological polar surface area (TPSA) is 95.3 Å². The van der Waals surface area contributed by atoms with E-state index in [0.717, 1.165) is 29.9 Å². The van der Waals surface area contributed by atoms with Gasteiger partial charge in [0.15, 0.2) is 5.82 Å². The van der Waals surface area contributed by atoms with Crippen LogP contribution in [0.5, 0.6) is 6.01 Å². The number of aliphatic hydroxyl groups excluding tert-OH is 1. The molecule has 0 amide bonds. The van der Waals surface area contributed by atoms with E-state index in [9.17, 15) is 5.11 Å². The molecule has 9 heteroatoms. The van der Waals surface area contributed by atoms with Gasteiger partial charge in [-0.25, -0.2) is 5.01 Å². The summed E-state index contributed by atoms with van der Waals surface area (Å²) in [5.74, 6) is 1.23. The van der Waals surface area contributed by atoms with Gasteiger partial charge in [-0.1, -0.05) is 6.07 Å². The second kappa shape index (κ2) is 8.55. The minimum absolute atomic E-state index is 0.0113. The van der Waals surface area contributed by atoms with E-state index in [2.05, 4.69) is 46.2 Å². The van der Waals surface area contributed by atoms with Gasteiger partial charge in [-0.05, 0) is 36.6 Å². The molecule has 0 bridgehead atoms. The number of nitrogens with one attached hydrogen (secondary N) is 1. The van der Waals surface area contributed by atoms with Crippen molar-refractivity contribution in [2.75, 3.05) is 49.8 Å². The van der Waals surface area contributed by atoms with Crippen LogP contribution in [0.25, 0.3) is 0 Å². The highest BCUT2D eigenvalue weighted by atomic mass is 16.5. The van der Waals surface area contributed by atoms with E-state index in [1.165, 1.54) is 12.7 Å². The second-order valence-corrected chi connectivity index (χ2v) is 7.64. The van der Waals surface area contributed by atoms with Crippen molar-refractivity contribution in [3.63, 3.8) is 0 Å². The molecule has 3 heterocycles. The van der Waals surface area contributed by atoms with Gasteiger partial charge in [0, 0.05) is 39.0 Å². The molecule has 9 nitrogen and oxygen atoms in total. The minimum Gasteiger partial charge on any atom is -0.467 e. The molecule has 2 aromatic rings. The fourth-order valence-electron chi connectivity index (χ4n) is 3.87. The summed E-state index contributed by atoms with van der Waals surface area (Å²) in [6.07, 6.45) is -0.350. The summed E-state index contributed by atoms with van der Waals surface area (Å²) < 4.78 is 11.3. The quantitative estimate of drug-likeness (QED) is 0.547. The average molecular weight is 412 g/mol. The largest absolute Gasteiger partial charge is 0.467 e. The van der Waals surface area contributed by atoms with Gasteiger partial charge in [0.05, 0.1) is 31.6 Å². The summed E-state index contributed by atoms with van der Waals surface area (Å²) in [6.45, 7) is 11.3. The minimum atomic E-state index is -0.339. The first kappa shape index (κ1) is 20.5. The molecule has 0 aliphatic carbocycles. The molecule has 2 aliphatic rings. The zero-order valence-electron chi connectivity index (χ0n) is 17.6. The van der Waals surface area contributed by atoms with Crippen LogP contribution >= 0.6 is 0 Å². The Morgan fingerprint density at radius 3 is 2.70 bits per heavy atom. The van der Waals surface area contributed by atoms with Crippen LogP contribution in [0.2, 0.25) is 0 Å². The van der Waals surface area contributed by atoms with Crippen molar-refractivity contribution in [1.82, 2.24) is 15.3 Å². The van der Waals surface area contributed by atoms with Crippen LogP contribution in [0.4, 0.5) is 17.3 Å². The first-order valence-electron chi connectivity index (χ1n) is 10.1. The number of rotatable bonds is 6. The summed E-state index contributed by atoms with van der Waals surface area (Å²) in [5.41, 5.74) is 4.20. The van der Waals surface area contributed by atoms with Crippen molar-refractivity contribution >= 4 is 24.0 Å². The monoisotopic (exact) mass is 412 g/mol. The SMILES string of the molecule is C=NN(c1cc(N2CC(O)C2)nc(OC)n1)c1cc(C2CNCCO2)c(C)cc1C. The third-order valence-corrected chi connectivity index (χ3v) is 5.49. The van der Waals surface area contributed by atoms with E-state index < -0.39 is 0 Å². The fourth-order valence-corrected chi connectivity index (χ4v) is 3.87. The number of β-amino-alcohol motifs (C(OH)–C–C–N with tert-alkyl or cyclic N) is 1. The Labute approximate surface area is 176 Å². The van der Waals surface area contributed by atoms with Gasteiger partial charge in [0.2, 0.25) is 0 Å². The summed E-state index contributed by atoms with van der Waals surface area (Å²) >= 11 is 0. The maximum absolute atomic E-state index is 9.65. The number of nitrogens with zero attached hydrogens (tertiary/aromatic N) is 5. The first-order chi connectivity index (χ1) is 14.5. The molecule has 1 atom stereocenters. The molecule has 4 rings (SSSR count). The van der Waals surface area contributed by atoms with Crippen molar-refractivity contribution < 1.29 is 14.6 Å². The molecule has 30 heavy (non-hydrogen) atoms. The Morgan fingerprint density at radius 1 is 1.27 bits per heavy atom. The zero-order valence-corrected chi connectivity index (χ0v) is 17.6. The van der Waals surface area contributed by atoms with Crippen molar-refractivity contribution in [1.29, 1.82) is 0 Å². The Hall–Kier alpha value is -2.75. The highest BCUT2D eigenvalue weighted by molar-refractivity contribution is 5.68. The highest BCUT2D eigenvalue weighted by Crippen LogP contribution is 2.35. The average Bonchev–Trinajstić information content (AvgIpc) is 2.73. The Bertz CT molecular complexity index is 925. The standard InChI is InChI=1S/C21H28N6O3/c1-13-7-14(2)17(8-16(13)18-10-23-5-6-30-18)27(22-3)20-9-19(24-21(25-20)29-4)26-11-15(28)12-26/h7-9,15,18,23,28H,3,5-6,10-12H2,1-2,4H3. The highest BCUT2D eigenvalue weighted by Gasteiger charge is 2.28. The van der Waals surface area contributed by atoms with Gasteiger partial charge in [-0.15, -0.1) is 0 Å². The van der Waals surface area contributed by atoms with Crippen LogP contribution in [-0.2, 0) is 4.74 Å². The number of hydrogen-bond acceptors (Lipinski definition) is 9. The summed E-state index contributed by atoms with van der Waals surface area (Å²) in [4.78, 5) is 10.9. The van der Waals surface area contributed by atoms with Crippen molar-refractivity contribution in [3.8, 4) is 6.01 Å². The summed E-state index contributed by atoms with van der Waals surface area (Å²) in [6, 6.07) is 6.30. The van der Waals surface area contributed by atoms with Crippen LogP contribution in [0.1, 0.15) is 22.8 Å². The molecule has 0 spiro atoms. The van der Waals surface area contributed by atoms with Gasteiger partial charge in [0.1, 0.15) is 5.82 Å². The number of morpholine rings is 1. The van der Waals surface area contributed by atoms with Crippen LogP contribution in [0.3, 0.4) is 0 Å². The smallest absolute Gasteiger partial charge is 0.320 e. The van der Waals surface area contributed by atoms with Gasteiger partial charge in [-0.3, -0.25) is 0 Å². The maximum Gasteiger partial charge on any atom is 0.320 e. The molecule has 0 saturated carbocycles. The van der Waals surface area contributed by atoms with Crippen molar-refractivity contribution in [2.24, 2.45) is 5.10 Å². The number of ether oxygens (including phenoxy) is 2. The van der Waals surface area contributed by atoms with Crippen LogP contribution in [0.15, 0.2) is 23.3 Å². The number of hydrazone groups is 1. The number of aromatic nitrogens is 2. The van der Waals surface area contributed by atoms with Gasteiger partial charge in [-0.2, -0.15) is 15.1 Å². The van der Waals surface area contributed by atoms with Gasteiger partial charge >= 0.3 is 6.01 Å². The van der Waals surface area contributed by atoms with E-state index in [-0.39, 0.29) is 18.2 Å². The lowest BCUT2D eigenvalue weighted by Gasteiger charge is -2.37. The van der Waals surface area contributed by atoms with E-state index in [1.54, 1.807) is 5.01 Å². The van der Waals surface area contributed by atoms with Crippen LogP contribution < -0.4 is 20.0 Å². The van der Waals surface area contributed by atoms with E-state index in [4.69, 9.17) is 9.47 Å². The van der Waals surface area contributed by atoms with Gasteiger partial charge in [0.25, 0.3) is 0 Å². The molecule has 2 aliphatic heterocycles. The molecular weight excluding hydrogens is 384 g/mol. The third-order valence-electron chi connectivity index (χ3n) is 5.49. The van der Waals surface area contributed by atoms with Crippen LogP contribution in [0, 0.1) is 13.8 Å². The van der Waals surface area contributed by atoms with Crippen LogP contribution in [-0.4, -0.2) is 67.8 Å². The summed E-state index contributed by atoms with van der Waals surface area (Å²) in [7, 11) is 1.53. The second-order valence-electron chi connectivity index (χ2n) is 7.64. The normalized spacial score (nSPS) is 19.3. The molecular formula is C21H28N6O3. The molecule has 1 aromatic carbocycles. The Balaban J connectivity index is 1.73. The molecule has 160 valence electrons. The molecule has 2 saturated heterocycles. The Kier molecular flexibility index (Phi) is 5.85. The molecule has 2 fully saturated rings. The lowest BCUT2D eigenvalue weighted by atomic mass is 9.98. The van der Waals surface area contributed by atoms with E-state index in [1.807, 2.05) is 17.9 Å². The zero-order chi connectivity index (χ0) is 21.3. The maximum atomic E-state index is 9.65. The first-order valence-corrected chi connectivity index (χ1v) is 10.1. The van der Waals surface area contributed by atoms with E-state index in [0.29, 0.717) is 31.3 Å². The van der Waals surface area contributed by atoms with Crippen molar-refractivity contribution in [3.05, 3.63) is 34.9 Å². The predicted octanol–water partition coefficient (Wildman–Crippen LogP) is 1.70. The molecule has 2 N–H and O–H groups in total. The molecule has 0 radical (unpaired) electrons. The Morgan fingerprint density at radius 2 is 2.07 bits per heavy atom. The molecule has 1 aromatic heterocycles. The fraction of sp³-hybridized carbons (Fsp3) is 0.476. The van der Waals surface area contributed by atoms with E-state index >= 15 is 0 Å². The number of methoxy groups -OCH3 is 1. The number of aryl methyl sites for hydroxylation is 2. The number of benzene rings is 1. The number of aliphatic hydroxyl groups is 1. The summed E-state index contributed by atoms with van der Waals surface area (Å²) in [5, 5.41) is 19.0. The predicted molar refractivity (Wildman–Crippen MR) is 116 cm³/mol. The third kappa shape index (κ3) is 3.96. The van der Waals surface area contributed by atoms with Crippen molar-refractivity contribution in [2.45, 2.75) is 26.1 Å². The lowest BCUT2D eigenvalue weighted by Crippen LogP contribution is -2.51. The molecule has 1 unspecified atom stereocenters. The van der Waals surface area contributed by atoms with Gasteiger partial charge < -0.3 is 24.8 Å².